The molecule has 0 aliphatic rings. The van der Waals surface area contributed by atoms with Crippen LogP contribution in [0.2, 0.25) is 0 Å². The lowest BCUT2D eigenvalue weighted by atomic mass is 10.3. The van der Waals surface area contributed by atoms with Crippen LogP contribution < -0.4 is 21.8 Å². The Morgan fingerprint density at radius 2 is 1.56 bits per heavy atom. The Morgan fingerprint density at radius 1 is 0.944 bits per heavy atom. The molecule has 0 saturated carbocycles. The molecule has 0 heterocycles. The zero-order chi connectivity index (χ0) is 13.7. The summed E-state index contributed by atoms with van der Waals surface area (Å²) in [4.78, 5) is 0. The second-order valence-corrected chi connectivity index (χ2v) is 6.17. The lowest BCUT2D eigenvalue weighted by molar-refractivity contribution is 0.0976. The molecule has 0 radical (unpaired) electrons. The summed E-state index contributed by atoms with van der Waals surface area (Å²) in [6.07, 6.45) is 1.97. The summed E-state index contributed by atoms with van der Waals surface area (Å²) < 4.78 is 15.4. The van der Waals surface area contributed by atoms with Gasteiger partial charge in [0.25, 0.3) is 0 Å². The maximum Gasteiger partial charge on any atom is 0.593 e. The van der Waals surface area contributed by atoms with E-state index in [-0.39, 0.29) is 0 Å². The van der Waals surface area contributed by atoms with Gasteiger partial charge >= 0.3 is 8.97 Å². The van der Waals surface area contributed by atoms with Crippen LogP contribution in [0.3, 0.4) is 0 Å². The number of nitrogens with two attached hydrogens (primary N) is 2. The lowest BCUT2D eigenvalue weighted by Gasteiger charge is -2.20. The van der Waals surface area contributed by atoms with Crippen molar-refractivity contribution in [3.8, 4) is 0 Å². The van der Waals surface area contributed by atoms with Crippen molar-refractivity contribution in [3.05, 3.63) is 0 Å². The summed E-state index contributed by atoms with van der Waals surface area (Å²) in [7, 11) is 0.181. The number of hydrogen-bond acceptors (Lipinski definition) is 7. The van der Waals surface area contributed by atoms with E-state index in [4.69, 9.17) is 24.4 Å². The molecule has 0 aromatic rings. The molecular formula is C10H28N4O3Si. The van der Waals surface area contributed by atoms with E-state index in [1.54, 1.807) is 0 Å². The van der Waals surface area contributed by atoms with Gasteiger partial charge in [0.1, 0.15) is 0 Å². The molecule has 18 heavy (non-hydrogen) atoms. The van der Waals surface area contributed by atoms with Crippen LogP contribution in [0.5, 0.6) is 0 Å². The maximum absolute atomic E-state index is 5.74. The Kier molecular flexibility index (Phi) is 12.0. The summed E-state index contributed by atoms with van der Waals surface area (Å²) in [5, 5.41) is 12.3. The minimum atomic E-state index is -2.83. The average Bonchev–Trinajstić information content (AvgIpc) is 2.40. The molecule has 0 aliphatic heterocycles. The molecule has 0 fully saturated rings. The van der Waals surface area contributed by atoms with Gasteiger partial charge in [-0.3, -0.25) is 5.40 Å². The number of rotatable bonds is 13. The highest BCUT2D eigenvalue weighted by atomic mass is 28.4. The van der Waals surface area contributed by atoms with Crippen molar-refractivity contribution in [2.45, 2.75) is 12.8 Å². The summed E-state index contributed by atoms with van der Waals surface area (Å²) >= 11 is 0. The molecule has 0 spiro atoms. The van der Waals surface area contributed by atoms with Gasteiger partial charge < -0.3 is 29.6 Å². The molecule has 7 nitrogen and oxygen atoms in total. The third kappa shape index (κ3) is 9.92. The quantitative estimate of drug-likeness (QED) is 0.243. The molecule has 6 N–H and O–H groups in total. The predicted octanol–water partition coefficient (Wildman–Crippen LogP) is -1.39. The Morgan fingerprint density at radius 3 is 2.11 bits per heavy atom. The third-order valence-electron chi connectivity index (χ3n) is 2.42. The minimum Gasteiger partial charge on any atom is -0.365 e. The average molecular weight is 280 g/mol. The van der Waals surface area contributed by atoms with Gasteiger partial charge in [-0.25, -0.2) is 0 Å². The van der Waals surface area contributed by atoms with Crippen molar-refractivity contribution in [2.75, 3.05) is 53.6 Å². The second kappa shape index (κ2) is 12.0. The van der Waals surface area contributed by atoms with E-state index in [1.807, 2.05) is 0 Å². The van der Waals surface area contributed by atoms with Crippen molar-refractivity contribution in [1.29, 1.82) is 0 Å². The largest absolute Gasteiger partial charge is 0.593 e. The van der Waals surface area contributed by atoms with Gasteiger partial charge in [-0.1, -0.05) is 0 Å². The van der Waals surface area contributed by atoms with Crippen molar-refractivity contribution in [3.63, 3.8) is 0 Å². The molecule has 0 atom stereocenters. The predicted molar refractivity (Wildman–Crippen MR) is 73.9 cm³/mol. The summed E-state index contributed by atoms with van der Waals surface area (Å²) in [6.45, 7) is 4.98. The number of unbranched alkanes of at least 4 members (excludes halogenated alkanes) is 1. The zero-order valence-electron chi connectivity index (χ0n) is 11.5. The molecule has 0 unspecified atom stereocenters. The van der Waals surface area contributed by atoms with Crippen LogP contribution in [-0.4, -0.2) is 62.5 Å². The summed E-state index contributed by atoms with van der Waals surface area (Å²) in [5.74, 6) is 0. The first-order valence-corrected chi connectivity index (χ1v) is 8.13. The molecule has 0 amide bonds. The molecule has 8 heteroatoms. The Hall–Kier alpha value is -0.0631. The first-order valence-electron chi connectivity index (χ1n) is 6.33. The standard InChI is InChI=1S/C10H28N4O3Si/c1-15-18(12,16-2)17-10-4-3-6-13-8-9-14-7-5-11/h13-14H,3-12H2,1-2H3. The first kappa shape index (κ1) is 17.9. The van der Waals surface area contributed by atoms with Crippen molar-refractivity contribution < 1.29 is 13.3 Å². The van der Waals surface area contributed by atoms with Crippen LogP contribution in [0.15, 0.2) is 0 Å². The molecule has 0 rings (SSSR count). The summed E-state index contributed by atoms with van der Waals surface area (Å²) in [6, 6.07) is 0. The molecule has 0 aliphatic carbocycles. The fourth-order valence-corrected chi connectivity index (χ4v) is 2.13. The van der Waals surface area contributed by atoms with E-state index in [2.05, 4.69) is 10.6 Å². The van der Waals surface area contributed by atoms with Crippen LogP contribution >= 0.6 is 0 Å². The van der Waals surface area contributed by atoms with Gasteiger partial charge in [0.05, 0.1) is 0 Å². The van der Waals surface area contributed by atoms with Gasteiger partial charge in [-0.15, -0.1) is 0 Å². The van der Waals surface area contributed by atoms with E-state index >= 15 is 0 Å². The van der Waals surface area contributed by atoms with Crippen LogP contribution in [0.25, 0.3) is 0 Å². The minimum absolute atomic E-state index is 0.567. The smallest absolute Gasteiger partial charge is 0.365 e. The van der Waals surface area contributed by atoms with Crippen molar-refractivity contribution in [1.82, 2.24) is 10.6 Å². The van der Waals surface area contributed by atoms with Crippen LogP contribution in [0.4, 0.5) is 0 Å². The van der Waals surface area contributed by atoms with E-state index in [0.29, 0.717) is 13.2 Å². The molecule has 0 aromatic carbocycles. The topological polar surface area (TPSA) is 104 Å². The van der Waals surface area contributed by atoms with Crippen LogP contribution in [0, 0.1) is 0 Å². The van der Waals surface area contributed by atoms with Crippen molar-refractivity contribution in [2.24, 2.45) is 11.1 Å². The van der Waals surface area contributed by atoms with E-state index in [0.717, 1.165) is 39.0 Å². The summed E-state index contributed by atoms with van der Waals surface area (Å²) in [5.41, 5.74) is 5.36. The molecule has 0 bridgehead atoms. The number of nitrogens with one attached hydrogen (secondary N) is 2. The fraction of sp³-hybridized carbons (Fsp3) is 1.00. The van der Waals surface area contributed by atoms with Crippen LogP contribution in [-0.2, 0) is 13.3 Å². The highest BCUT2D eigenvalue weighted by molar-refractivity contribution is 6.56. The lowest BCUT2D eigenvalue weighted by Crippen LogP contribution is -2.54. The van der Waals surface area contributed by atoms with Gasteiger partial charge in [-0.2, -0.15) is 0 Å². The van der Waals surface area contributed by atoms with E-state index in [9.17, 15) is 0 Å². The van der Waals surface area contributed by atoms with Crippen molar-refractivity contribution >= 4 is 8.97 Å². The van der Waals surface area contributed by atoms with Crippen LogP contribution in [0.1, 0.15) is 12.8 Å². The fourth-order valence-electron chi connectivity index (χ4n) is 1.30. The highest BCUT2D eigenvalue weighted by Crippen LogP contribution is 2.00. The highest BCUT2D eigenvalue weighted by Gasteiger charge is 2.34. The Balaban J connectivity index is 3.21. The van der Waals surface area contributed by atoms with Gasteiger partial charge in [0.2, 0.25) is 0 Å². The monoisotopic (exact) mass is 280 g/mol. The number of hydrogen-bond donors (Lipinski definition) is 4. The van der Waals surface area contributed by atoms with Gasteiger partial charge in [0.15, 0.2) is 0 Å². The Bertz CT molecular complexity index is 185. The van der Waals surface area contributed by atoms with E-state index < -0.39 is 8.97 Å². The zero-order valence-corrected chi connectivity index (χ0v) is 12.5. The molecular weight excluding hydrogens is 252 g/mol. The molecule has 110 valence electrons. The second-order valence-electron chi connectivity index (χ2n) is 3.86. The first-order chi connectivity index (χ1) is 8.68. The van der Waals surface area contributed by atoms with Gasteiger partial charge in [-0.05, 0) is 19.4 Å². The van der Waals surface area contributed by atoms with Gasteiger partial charge in [0, 0.05) is 47.0 Å². The van der Waals surface area contributed by atoms with E-state index in [1.165, 1.54) is 14.2 Å². The normalized spacial score (nSPS) is 12.0. The Labute approximate surface area is 111 Å². The molecule has 0 aromatic heterocycles. The third-order valence-corrected chi connectivity index (χ3v) is 4.16. The molecule has 0 saturated heterocycles. The maximum atomic E-state index is 5.74. The SMILES string of the molecule is CO[Si](N)(OC)OCCCCNCCNCCN.